The van der Waals surface area contributed by atoms with E-state index in [1.807, 2.05) is 0 Å². The smallest absolute Gasteiger partial charge is 0.335 e. The van der Waals surface area contributed by atoms with E-state index in [1.54, 1.807) is 18.3 Å². The van der Waals surface area contributed by atoms with E-state index in [9.17, 15) is 14.4 Å². The number of carbonyl (C=O) groups is 3. The fourth-order valence-electron chi connectivity index (χ4n) is 1.76. The van der Waals surface area contributed by atoms with Gasteiger partial charge in [0.25, 0.3) is 0 Å². The van der Waals surface area contributed by atoms with Crippen molar-refractivity contribution in [1.29, 1.82) is 0 Å². The molecule has 1 N–H and O–H groups in total. The van der Waals surface area contributed by atoms with Crippen LogP contribution in [0.4, 0.5) is 0 Å². The molecule has 0 aliphatic heterocycles. The van der Waals surface area contributed by atoms with Crippen LogP contribution in [0.3, 0.4) is 0 Å². The van der Waals surface area contributed by atoms with Crippen LogP contribution in [-0.4, -0.2) is 22.7 Å². The first-order valence-corrected chi connectivity index (χ1v) is 6.55. The topological polar surface area (TPSA) is 85.5 Å². The molecule has 2 rings (SSSR count). The molecule has 0 saturated heterocycles. The summed E-state index contributed by atoms with van der Waals surface area (Å²) in [5.74, 6) is -1.63. The lowest BCUT2D eigenvalue weighted by Gasteiger charge is -2.08. The lowest BCUT2D eigenvalue weighted by molar-refractivity contribution is -0.129. The van der Waals surface area contributed by atoms with Crippen LogP contribution in [0.15, 0.2) is 61.8 Å². The van der Waals surface area contributed by atoms with Crippen LogP contribution < -0.4 is 9.47 Å². The fourth-order valence-corrected chi connectivity index (χ4v) is 1.76. The molecule has 0 unspecified atom stereocenters. The zero-order valence-corrected chi connectivity index (χ0v) is 12.1. The number of ether oxygens (including phenoxy) is 2. The number of ketones is 1. The summed E-state index contributed by atoms with van der Waals surface area (Å²) in [5.41, 5.74) is 0.534. The molecule has 0 amide bonds. The molecule has 6 nitrogen and oxygen atoms in total. The van der Waals surface area contributed by atoms with E-state index >= 15 is 0 Å². The maximum absolute atomic E-state index is 12.4. The van der Waals surface area contributed by atoms with Gasteiger partial charge in [0.15, 0.2) is 0 Å². The SMILES string of the molecule is C=CC(=O)Oc1cc(OC(=O)C=C)cc(C(=O)c2ccc[nH]2)c1. The van der Waals surface area contributed by atoms with E-state index in [-0.39, 0.29) is 22.8 Å². The van der Waals surface area contributed by atoms with Gasteiger partial charge in [-0.1, -0.05) is 13.2 Å². The van der Waals surface area contributed by atoms with Gasteiger partial charge in [0, 0.05) is 30.0 Å². The molecule has 0 aliphatic rings. The number of hydrogen-bond acceptors (Lipinski definition) is 5. The van der Waals surface area contributed by atoms with E-state index in [2.05, 4.69) is 18.1 Å². The quantitative estimate of drug-likeness (QED) is 0.383. The van der Waals surface area contributed by atoms with Crippen LogP contribution in [0, 0.1) is 0 Å². The Morgan fingerprint density at radius 2 is 1.52 bits per heavy atom. The lowest BCUT2D eigenvalue weighted by atomic mass is 10.1. The van der Waals surface area contributed by atoms with E-state index in [1.165, 1.54) is 18.2 Å². The number of aromatic amines is 1. The summed E-state index contributed by atoms with van der Waals surface area (Å²) in [6.45, 7) is 6.59. The molecule has 0 radical (unpaired) electrons. The molecule has 0 saturated carbocycles. The highest BCUT2D eigenvalue weighted by atomic mass is 16.5. The molecule has 1 heterocycles. The van der Waals surface area contributed by atoms with Crippen molar-refractivity contribution in [2.45, 2.75) is 0 Å². The number of rotatable bonds is 6. The molecule has 0 spiro atoms. The molecule has 0 atom stereocenters. The second kappa shape index (κ2) is 7.04. The monoisotopic (exact) mass is 311 g/mol. The molecule has 0 fully saturated rings. The molecule has 0 bridgehead atoms. The van der Waals surface area contributed by atoms with Gasteiger partial charge in [-0.3, -0.25) is 4.79 Å². The van der Waals surface area contributed by atoms with E-state index in [0.29, 0.717) is 5.69 Å². The van der Waals surface area contributed by atoms with Crippen LogP contribution in [0.1, 0.15) is 16.1 Å². The molecule has 1 aromatic heterocycles. The van der Waals surface area contributed by atoms with Gasteiger partial charge < -0.3 is 14.5 Å². The second-order valence-corrected chi connectivity index (χ2v) is 4.36. The van der Waals surface area contributed by atoms with E-state index in [4.69, 9.17) is 9.47 Å². The molecule has 23 heavy (non-hydrogen) atoms. The predicted octanol–water partition coefficient (Wildman–Crippen LogP) is 2.43. The minimum absolute atomic E-state index is 0.0548. The van der Waals surface area contributed by atoms with Crippen molar-refractivity contribution in [3.63, 3.8) is 0 Å². The zero-order valence-electron chi connectivity index (χ0n) is 12.1. The molecule has 6 heteroatoms. The number of hydrogen-bond donors (Lipinski definition) is 1. The summed E-state index contributed by atoms with van der Waals surface area (Å²) in [6.07, 6.45) is 3.57. The van der Waals surface area contributed by atoms with Crippen LogP contribution in [0.25, 0.3) is 0 Å². The number of aromatic nitrogens is 1. The highest BCUT2D eigenvalue weighted by Crippen LogP contribution is 2.25. The second-order valence-electron chi connectivity index (χ2n) is 4.36. The fraction of sp³-hybridized carbons (Fsp3) is 0. The summed E-state index contributed by atoms with van der Waals surface area (Å²) in [4.78, 5) is 37.8. The Kier molecular flexibility index (Phi) is 4.89. The van der Waals surface area contributed by atoms with Crippen LogP contribution in [0.2, 0.25) is 0 Å². The number of nitrogens with one attached hydrogen (secondary N) is 1. The van der Waals surface area contributed by atoms with Crippen molar-refractivity contribution < 1.29 is 23.9 Å². The van der Waals surface area contributed by atoms with Gasteiger partial charge in [-0.25, -0.2) is 9.59 Å². The van der Waals surface area contributed by atoms with Crippen molar-refractivity contribution >= 4 is 17.7 Å². The van der Waals surface area contributed by atoms with Gasteiger partial charge in [0.05, 0.1) is 5.69 Å². The Hall–Kier alpha value is -3.41. The van der Waals surface area contributed by atoms with Gasteiger partial charge in [-0.05, 0) is 24.3 Å². The van der Waals surface area contributed by atoms with Crippen molar-refractivity contribution in [1.82, 2.24) is 4.98 Å². The Morgan fingerprint density at radius 1 is 0.957 bits per heavy atom. The van der Waals surface area contributed by atoms with Gasteiger partial charge in [0.1, 0.15) is 11.5 Å². The van der Waals surface area contributed by atoms with Crippen LogP contribution in [-0.2, 0) is 9.59 Å². The largest absolute Gasteiger partial charge is 0.423 e. The van der Waals surface area contributed by atoms with Crippen LogP contribution >= 0.6 is 0 Å². The van der Waals surface area contributed by atoms with Gasteiger partial charge in [-0.15, -0.1) is 0 Å². The Labute approximate surface area is 132 Å². The van der Waals surface area contributed by atoms with Gasteiger partial charge >= 0.3 is 11.9 Å². The molecular formula is C17H13NO5. The first kappa shape index (κ1) is 16.0. The predicted molar refractivity (Wildman–Crippen MR) is 82.3 cm³/mol. The lowest BCUT2D eigenvalue weighted by Crippen LogP contribution is -2.08. The third-order valence-electron chi connectivity index (χ3n) is 2.76. The third kappa shape index (κ3) is 4.04. The van der Waals surface area contributed by atoms with Gasteiger partial charge in [-0.2, -0.15) is 0 Å². The van der Waals surface area contributed by atoms with E-state index < -0.39 is 11.9 Å². The van der Waals surface area contributed by atoms with Crippen molar-refractivity contribution in [2.24, 2.45) is 0 Å². The van der Waals surface area contributed by atoms with Crippen molar-refractivity contribution in [2.75, 3.05) is 0 Å². The third-order valence-corrected chi connectivity index (χ3v) is 2.76. The average Bonchev–Trinajstić information content (AvgIpc) is 3.08. The number of carbonyl (C=O) groups excluding carboxylic acids is 3. The normalized spacial score (nSPS) is 9.74. The zero-order chi connectivity index (χ0) is 16.8. The van der Waals surface area contributed by atoms with Gasteiger partial charge in [0.2, 0.25) is 5.78 Å². The molecule has 0 aliphatic carbocycles. The minimum Gasteiger partial charge on any atom is -0.423 e. The summed E-state index contributed by atoms with van der Waals surface area (Å²) < 4.78 is 9.98. The first-order chi connectivity index (χ1) is 11.0. The van der Waals surface area contributed by atoms with E-state index in [0.717, 1.165) is 12.2 Å². The maximum Gasteiger partial charge on any atom is 0.335 e. The number of H-pyrrole nitrogens is 1. The minimum atomic E-state index is -0.699. The van der Waals surface area contributed by atoms with Crippen molar-refractivity contribution in [3.8, 4) is 11.5 Å². The molecule has 2 aromatic rings. The standard InChI is InChI=1S/C17H13NO5/c1-3-15(19)22-12-8-11(17(21)14-6-5-7-18-14)9-13(10-12)23-16(20)4-2/h3-10,18H,1-2H2. The summed E-state index contributed by atoms with van der Waals surface area (Å²) in [6, 6.07) is 7.33. The number of esters is 2. The Bertz CT molecular complexity index is 734. The highest BCUT2D eigenvalue weighted by Gasteiger charge is 2.15. The first-order valence-electron chi connectivity index (χ1n) is 6.55. The Balaban J connectivity index is 2.41. The molecule has 1 aromatic carbocycles. The molecule has 116 valence electrons. The Morgan fingerprint density at radius 3 is 1.96 bits per heavy atom. The van der Waals surface area contributed by atoms with Crippen molar-refractivity contribution in [3.05, 3.63) is 73.1 Å². The van der Waals surface area contributed by atoms with Crippen LogP contribution in [0.5, 0.6) is 11.5 Å². The summed E-state index contributed by atoms with van der Waals surface area (Å²) >= 11 is 0. The molecular weight excluding hydrogens is 298 g/mol. The highest BCUT2D eigenvalue weighted by molar-refractivity contribution is 6.08. The average molecular weight is 311 g/mol. The number of benzene rings is 1. The summed E-state index contributed by atoms with van der Waals surface area (Å²) in [7, 11) is 0. The maximum atomic E-state index is 12.4. The summed E-state index contributed by atoms with van der Waals surface area (Å²) in [5, 5.41) is 0.